The molecule has 0 saturated heterocycles. The quantitative estimate of drug-likeness (QED) is 0.654. The van der Waals surface area contributed by atoms with Crippen molar-refractivity contribution in [2.24, 2.45) is 5.73 Å². The first kappa shape index (κ1) is 14.5. The molecule has 0 bridgehead atoms. The summed E-state index contributed by atoms with van der Waals surface area (Å²) in [5.41, 5.74) is 7.78. The third kappa shape index (κ3) is 2.99. The van der Waals surface area contributed by atoms with Crippen molar-refractivity contribution in [2.75, 3.05) is 11.4 Å². The van der Waals surface area contributed by atoms with Gasteiger partial charge in [-0.25, -0.2) is 4.39 Å². The first-order valence-electron chi connectivity index (χ1n) is 6.20. The highest BCUT2D eigenvalue weighted by Crippen LogP contribution is 2.30. The van der Waals surface area contributed by atoms with Gasteiger partial charge in [0, 0.05) is 22.3 Å². The number of nitrogens with zero attached hydrogens (tertiary/aromatic N) is 1. The third-order valence-corrected chi connectivity index (χ3v) is 3.47. The van der Waals surface area contributed by atoms with Gasteiger partial charge in [0.15, 0.2) is 0 Å². The standard InChI is InChI=1S/C15H15BrFN3/c1-2-20(12-5-3-4-11(17)9-12)14-7-6-10(16)8-13(14)15(18)19/h3-9H,2H2,1H3,(H3,18,19). The Morgan fingerprint density at radius 3 is 2.65 bits per heavy atom. The van der Waals surface area contributed by atoms with Gasteiger partial charge in [0.05, 0.1) is 5.69 Å². The molecule has 0 aliphatic carbocycles. The first-order chi connectivity index (χ1) is 9.52. The predicted molar refractivity (Wildman–Crippen MR) is 84.2 cm³/mol. The molecule has 0 aromatic heterocycles. The highest BCUT2D eigenvalue weighted by atomic mass is 79.9. The molecule has 5 heteroatoms. The van der Waals surface area contributed by atoms with Crippen molar-refractivity contribution < 1.29 is 4.39 Å². The molecule has 0 aliphatic heterocycles. The molecule has 0 aliphatic rings. The van der Waals surface area contributed by atoms with Crippen LogP contribution in [0.2, 0.25) is 0 Å². The van der Waals surface area contributed by atoms with Crippen molar-refractivity contribution in [2.45, 2.75) is 6.92 Å². The van der Waals surface area contributed by atoms with E-state index in [-0.39, 0.29) is 11.7 Å². The molecule has 0 fully saturated rings. The highest BCUT2D eigenvalue weighted by molar-refractivity contribution is 9.10. The number of amidine groups is 1. The zero-order valence-corrected chi connectivity index (χ0v) is 12.6. The van der Waals surface area contributed by atoms with Gasteiger partial charge < -0.3 is 10.6 Å². The van der Waals surface area contributed by atoms with E-state index >= 15 is 0 Å². The summed E-state index contributed by atoms with van der Waals surface area (Å²) in [6.45, 7) is 2.61. The van der Waals surface area contributed by atoms with Crippen LogP contribution in [0.3, 0.4) is 0 Å². The molecule has 0 unspecified atom stereocenters. The maximum Gasteiger partial charge on any atom is 0.125 e. The molecule has 0 saturated carbocycles. The fraction of sp³-hybridized carbons (Fsp3) is 0.133. The Labute approximate surface area is 125 Å². The summed E-state index contributed by atoms with van der Waals surface area (Å²) >= 11 is 3.37. The number of nitrogens with one attached hydrogen (secondary N) is 1. The van der Waals surface area contributed by atoms with Crippen LogP contribution in [-0.2, 0) is 0 Å². The van der Waals surface area contributed by atoms with Crippen LogP contribution < -0.4 is 10.6 Å². The second kappa shape index (κ2) is 6.05. The maximum absolute atomic E-state index is 13.4. The second-order valence-corrected chi connectivity index (χ2v) is 5.21. The third-order valence-electron chi connectivity index (χ3n) is 2.98. The average Bonchev–Trinajstić information content (AvgIpc) is 2.41. The van der Waals surface area contributed by atoms with Crippen LogP contribution in [0, 0.1) is 11.2 Å². The fourth-order valence-corrected chi connectivity index (χ4v) is 2.46. The molecule has 2 aromatic carbocycles. The monoisotopic (exact) mass is 335 g/mol. The number of anilines is 2. The van der Waals surface area contributed by atoms with Gasteiger partial charge in [-0.1, -0.05) is 22.0 Å². The summed E-state index contributed by atoms with van der Waals surface area (Å²) < 4.78 is 14.3. The smallest absolute Gasteiger partial charge is 0.125 e. The molecule has 0 radical (unpaired) electrons. The number of nitrogen functional groups attached to an aromatic ring is 1. The van der Waals surface area contributed by atoms with Gasteiger partial charge in [0.25, 0.3) is 0 Å². The lowest BCUT2D eigenvalue weighted by atomic mass is 10.1. The summed E-state index contributed by atoms with van der Waals surface area (Å²) in [4.78, 5) is 1.92. The molecule has 0 spiro atoms. The second-order valence-electron chi connectivity index (χ2n) is 4.30. The van der Waals surface area contributed by atoms with Gasteiger partial charge in [0.1, 0.15) is 11.7 Å². The molecule has 3 nitrogen and oxygen atoms in total. The Morgan fingerprint density at radius 1 is 1.30 bits per heavy atom. The van der Waals surface area contributed by atoms with E-state index in [9.17, 15) is 4.39 Å². The van der Waals surface area contributed by atoms with E-state index < -0.39 is 0 Å². The lowest BCUT2D eigenvalue weighted by Gasteiger charge is -2.25. The normalized spacial score (nSPS) is 10.3. The van der Waals surface area contributed by atoms with Crippen molar-refractivity contribution >= 4 is 33.1 Å². The predicted octanol–water partition coefficient (Wildman–Crippen LogP) is 4.03. The van der Waals surface area contributed by atoms with Gasteiger partial charge in [0.2, 0.25) is 0 Å². The Hall–Kier alpha value is -1.88. The number of hydrogen-bond donors (Lipinski definition) is 2. The number of benzene rings is 2. The molecule has 2 rings (SSSR count). The fourth-order valence-electron chi connectivity index (χ4n) is 2.10. The zero-order chi connectivity index (χ0) is 14.7. The minimum atomic E-state index is -0.289. The Kier molecular flexibility index (Phi) is 4.39. The summed E-state index contributed by atoms with van der Waals surface area (Å²) in [5, 5.41) is 7.70. The van der Waals surface area contributed by atoms with Gasteiger partial charge in [-0.2, -0.15) is 0 Å². The van der Waals surface area contributed by atoms with Crippen LogP contribution in [0.1, 0.15) is 12.5 Å². The summed E-state index contributed by atoms with van der Waals surface area (Å²) in [6.07, 6.45) is 0. The van der Waals surface area contributed by atoms with Gasteiger partial charge >= 0.3 is 0 Å². The summed E-state index contributed by atoms with van der Waals surface area (Å²) in [7, 11) is 0. The van der Waals surface area contributed by atoms with Crippen LogP contribution in [0.15, 0.2) is 46.9 Å². The first-order valence-corrected chi connectivity index (χ1v) is 6.99. The van der Waals surface area contributed by atoms with Crippen LogP contribution >= 0.6 is 15.9 Å². The topological polar surface area (TPSA) is 53.1 Å². The molecule has 104 valence electrons. The number of nitrogens with two attached hydrogens (primary N) is 1. The van der Waals surface area contributed by atoms with E-state index in [0.29, 0.717) is 12.1 Å². The van der Waals surface area contributed by atoms with Gasteiger partial charge in [-0.15, -0.1) is 0 Å². The van der Waals surface area contributed by atoms with Crippen LogP contribution in [0.5, 0.6) is 0 Å². The van der Waals surface area contributed by atoms with E-state index in [1.54, 1.807) is 12.1 Å². The van der Waals surface area contributed by atoms with Crippen molar-refractivity contribution in [3.05, 3.63) is 58.3 Å². The minimum Gasteiger partial charge on any atom is -0.384 e. The molecular formula is C15H15BrFN3. The average molecular weight is 336 g/mol. The number of hydrogen-bond acceptors (Lipinski definition) is 2. The Bertz CT molecular complexity index is 643. The van der Waals surface area contributed by atoms with E-state index in [2.05, 4.69) is 15.9 Å². The van der Waals surface area contributed by atoms with E-state index in [4.69, 9.17) is 11.1 Å². The molecule has 2 aromatic rings. The minimum absolute atomic E-state index is 0.0175. The number of rotatable bonds is 4. The number of halogens is 2. The lowest BCUT2D eigenvalue weighted by Crippen LogP contribution is -2.22. The Balaban J connectivity index is 2.55. The van der Waals surface area contributed by atoms with Crippen molar-refractivity contribution in [3.63, 3.8) is 0 Å². The highest BCUT2D eigenvalue weighted by Gasteiger charge is 2.14. The van der Waals surface area contributed by atoms with Crippen molar-refractivity contribution in [1.82, 2.24) is 0 Å². The van der Waals surface area contributed by atoms with Gasteiger partial charge in [-0.05, 0) is 43.3 Å². The van der Waals surface area contributed by atoms with Crippen molar-refractivity contribution in [1.29, 1.82) is 5.41 Å². The largest absolute Gasteiger partial charge is 0.384 e. The summed E-state index contributed by atoms with van der Waals surface area (Å²) in [5.74, 6) is -0.307. The molecule has 0 amide bonds. The molecule has 20 heavy (non-hydrogen) atoms. The molecule has 3 N–H and O–H groups in total. The van der Waals surface area contributed by atoms with E-state index in [1.807, 2.05) is 30.0 Å². The summed E-state index contributed by atoms with van der Waals surface area (Å²) in [6, 6.07) is 11.9. The van der Waals surface area contributed by atoms with Gasteiger partial charge in [-0.3, -0.25) is 5.41 Å². The lowest BCUT2D eigenvalue weighted by molar-refractivity contribution is 0.627. The molecule has 0 heterocycles. The van der Waals surface area contributed by atoms with Crippen LogP contribution in [-0.4, -0.2) is 12.4 Å². The Morgan fingerprint density at radius 2 is 2.05 bits per heavy atom. The maximum atomic E-state index is 13.4. The van der Waals surface area contributed by atoms with E-state index in [0.717, 1.165) is 15.8 Å². The SMILES string of the molecule is CCN(c1cccc(F)c1)c1ccc(Br)cc1C(=N)N. The van der Waals surface area contributed by atoms with E-state index in [1.165, 1.54) is 12.1 Å². The van der Waals surface area contributed by atoms with Crippen LogP contribution in [0.25, 0.3) is 0 Å². The molecular weight excluding hydrogens is 321 g/mol. The zero-order valence-electron chi connectivity index (χ0n) is 11.0. The van der Waals surface area contributed by atoms with Crippen LogP contribution in [0.4, 0.5) is 15.8 Å². The molecule has 0 atom stereocenters. The van der Waals surface area contributed by atoms with Crippen molar-refractivity contribution in [3.8, 4) is 0 Å².